The number of aryl methyl sites for hydroxylation is 1. The molecule has 0 amide bonds. The van der Waals surface area contributed by atoms with E-state index in [9.17, 15) is 0 Å². The molecule has 5 heteroatoms. The molecule has 0 aliphatic carbocycles. The number of benzene rings is 4. The molecule has 4 nitrogen and oxygen atoms in total. The first kappa shape index (κ1) is 24.0. The van der Waals surface area contributed by atoms with Crippen molar-refractivity contribution in [3.8, 4) is 33.6 Å². The Morgan fingerprint density at radius 2 is 1.68 bits per heavy atom. The zero-order chi connectivity index (χ0) is 29.8. The Kier molecular flexibility index (Phi) is 7.32. The first-order valence-electron chi connectivity index (χ1n) is 14.1. The van der Waals surface area contributed by atoms with E-state index in [4.69, 9.17) is 15.1 Å². The normalized spacial score (nSPS) is 11.7. The van der Waals surface area contributed by atoms with Gasteiger partial charge in [0.25, 0.3) is 0 Å². The number of furan rings is 1. The second-order valence-electron chi connectivity index (χ2n) is 8.93. The summed E-state index contributed by atoms with van der Waals surface area (Å²) in [6, 6.07) is 40.2. The zero-order valence-electron chi connectivity index (χ0n) is 24.6. The standard InChI is InChI=1S/C18H9N2O.C18H14N.Ir/c1-19-15-9-5-10-16-17(15)13-7-4-6-12(18(13)21-16)14-8-2-3-11-20-14;1-14-13-19-18(16-10-6-3-7-11-16)12-17(14)15-8-4-2-5-9-15;/h2-5,7-11H;2-10,12-13H,1H3;/q2*-1;/i;1D3;. The molecule has 0 atom stereocenters. The van der Waals surface area contributed by atoms with Crippen LogP contribution < -0.4 is 0 Å². The number of pyridine rings is 2. The largest absolute Gasteiger partial charge is 0.502 e. The van der Waals surface area contributed by atoms with Crippen LogP contribution in [0.25, 0.3) is 60.4 Å². The van der Waals surface area contributed by atoms with Crippen LogP contribution in [-0.2, 0) is 20.1 Å². The van der Waals surface area contributed by atoms with E-state index in [0.29, 0.717) is 16.9 Å². The Labute approximate surface area is 256 Å². The maximum absolute atomic E-state index is 7.72. The number of aromatic nitrogens is 2. The van der Waals surface area contributed by atoms with Crippen LogP contribution in [0.15, 0.2) is 126 Å². The van der Waals surface area contributed by atoms with Crippen LogP contribution in [0.3, 0.4) is 0 Å². The van der Waals surface area contributed by atoms with Crippen molar-refractivity contribution in [3.05, 3.63) is 151 Å². The zero-order valence-corrected chi connectivity index (χ0v) is 24.0. The molecule has 0 saturated heterocycles. The third kappa shape index (κ3) is 5.71. The molecule has 0 unspecified atom stereocenters. The smallest absolute Gasteiger partial charge is 0.197 e. The second kappa shape index (κ2) is 12.5. The third-order valence-electron chi connectivity index (χ3n) is 6.45. The molecule has 0 aliphatic heterocycles. The predicted molar refractivity (Wildman–Crippen MR) is 161 cm³/mol. The first-order chi connectivity index (χ1) is 20.9. The molecule has 7 aromatic rings. The van der Waals surface area contributed by atoms with Crippen molar-refractivity contribution in [3.63, 3.8) is 0 Å². The van der Waals surface area contributed by atoms with Gasteiger partial charge in [-0.15, -0.1) is 54.1 Å². The van der Waals surface area contributed by atoms with Gasteiger partial charge in [-0.3, -0.25) is 0 Å². The Hall–Kier alpha value is -4.88. The summed E-state index contributed by atoms with van der Waals surface area (Å²) in [5.41, 5.74) is 7.05. The van der Waals surface area contributed by atoms with Gasteiger partial charge in [-0.05, 0) is 47.1 Å². The van der Waals surface area contributed by atoms with E-state index in [2.05, 4.69) is 26.9 Å². The minimum Gasteiger partial charge on any atom is -0.502 e. The number of rotatable bonds is 3. The van der Waals surface area contributed by atoms with Gasteiger partial charge in [0, 0.05) is 42.0 Å². The summed E-state index contributed by atoms with van der Waals surface area (Å²) >= 11 is 0. The van der Waals surface area contributed by atoms with Crippen LogP contribution in [0.5, 0.6) is 0 Å². The van der Waals surface area contributed by atoms with Crippen molar-refractivity contribution < 1.29 is 28.6 Å². The molecule has 0 spiro atoms. The summed E-state index contributed by atoms with van der Waals surface area (Å²) in [7, 11) is 0. The van der Waals surface area contributed by atoms with Crippen LogP contribution >= 0.6 is 0 Å². The van der Waals surface area contributed by atoms with Crippen molar-refractivity contribution in [1.29, 1.82) is 0 Å². The van der Waals surface area contributed by atoms with Gasteiger partial charge in [-0.2, -0.15) is 0 Å². The molecular formula is C36H23IrN3O-2. The molecule has 4 aromatic carbocycles. The van der Waals surface area contributed by atoms with Crippen molar-refractivity contribution >= 4 is 27.6 Å². The van der Waals surface area contributed by atoms with E-state index in [-0.39, 0.29) is 25.7 Å². The quantitative estimate of drug-likeness (QED) is 0.172. The molecule has 0 aliphatic rings. The van der Waals surface area contributed by atoms with Gasteiger partial charge in [0.1, 0.15) is 5.58 Å². The summed E-state index contributed by atoms with van der Waals surface area (Å²) in [5.74, 6) is 0. The van der Waals surface area contributed by atoms with Crippen LogP contribution in [-0.4, -0.2) is 9.97 Å². The predicted octanol–water partition coefficient (Wildman–Crippen LogP) is 9.52. The summed E-state index contributed by atoms with van der Waals surface area (Å²) < 4.78 is 29.1. The molecule has 0 bridgehead atoms. The topological polar surface area (TPSA) is 43.3 Å². The molecule has 199 valence electrons. The van der Waals surface area contributed by atoms with E-state index >= 15 is 0 Å². The minimum absolute atomic E-state index is 0. The fourth-order valence-electron chi connectivity index (χ4n) is 4.58. The summed E-state index contributed by atoms with van der Waals surface area (Å²) in [5, 5.41) is 1.78. The molecule has 1 radical (unpaired) electrons. The van der Waals surface area contributed by atoms with Crippen LogP contribution in [0.4, 0.5) is 5.69 Å². The van der Waals surface area contributed by atoms with Crippen LogP contribution in [0, 0.1) is 25.6 Å². The van der Waals surface area contributed by atoms with E-state index < -0.39 is 6.85 Å². The van der Waals surface area contributed by atoms with E-state index in [1.165, 1.54) is 6.20 Å². The Balaban J connectivity index is 0.000000171. The summed E-state index contributed by atoms with van der Waals surface area (Å²) in [4.78, 5) is 12.3. The van der Waals surface area contributed by atoms with Gasteiger partial charge in [0.2, 0.25) is 0 Å². The summed E-state index contributed by atoms with van der Waals surface area (Å²) in [6.45, 7) is 5.12. The molecular weight excluding hydrogens is 683 g/mol. The molecule has 3 aromatic heterocycles. The Bertz CT molecular complexity index is 2070. The Morgan fingerprint density at radius 3 is 2.44 bits per heavy atom. The number of hydrogen-bond donors (Lipinski definition) is 0. The number of nitrogens with zero attached hydrogens (tertiary/aromatic N) is 3. The van der Waals surface area contributed by atoms with E-state index in [0.717, 1.165) is 44.3 Å². The number of hydrogen-bond acceptors (Lipinski definition) is 3. The monoisotopic (exact) mass is 709 g/mol. The van der Waals surface area contributed by atoms with E-state index in [1.54, 1.807) is 12.3 Å². The van der Waals surface area contributed by atoms with Gasteiger partial charge in [-0.25, -0.2) is 4.85 Å². The third-order valence-corrected chi connectivity index (χ3v) is 6.45. The van der Waals surface area contributed by atoms with Crippen molar-refractivity contribution in [1.82, 2.24) is 9.97 Å². The van der Waals surface area contributed by atoms with E-state index in [1.807, 2.05) is 103 Å². The molecule has 0 saturated carbocycles. The summed E-state index contributed by atoms with van der Waals surface area (Å²) in [6.07, 6.45) is 3.20. The minimum atomic E-state index is -2.20. The fraction of sp³-hybridized carbons (Fsp3) is 0.0278. The Morgan fingerprint density at radius 1 is 0.829 bits per heavy atom. The van der Waals surface area contributed by atoms with Gasteiger partial charge in [-0.1, -0.05) is 71.6 Å². The maximum Gasteiger partial charge on any atom is 0.197 e. The van der Waals surface area contributed by atoms with Crippen molar-refractivity contribution in [2.45, 2.75) is 6.85 Å². The molecule has 3 heterocycles. The van der Waals surface area contributed by atoms with Crippen LogP contribution in [0.2, 0.25) is 0 Å². The molecule has 41 heavy (non-hydrogen) atoms. The van der Waals surface area contributed by atoms with Gasteiger partial charge >= 0.3 is 0 Å². The van der Waals surface area contributed by atoms with Gasteiger partial charge in [0.15, 0.2) is 5.69 Å². The second-order valence-corrected chi connectivity index (χ2v) is 8.93. The average molecular weight is 709 g/mol. The SMILES string of the molecule is [2H]C([2H])([2H])c1cnc(-c2[c-]cccc2)cc1-c1ccccc1.[C-]#[N+]c1cccc2oc3c(-c4ccccn4)[c-]ccc3c12.[Ir]. The molecule has 0 fully saturated rings. The molecule has 0 N–H and O–H groups in total. The molecule has 7 rings (SSSR count). The fourth-order valence-corrected chi connectivity index (χ4v) is 4.58. The van der Waals surface area contributed by atoms with Gasteiger partial charge in [0.05, 0.1) is 12.2 Å². The van der Waals surface area contributed by atoms with Crippen molar-refractivity contribution in [2.75, 3.05) is 0 Å². The van der Waals surface area contributed by atoms with Crippen LogP contribution in [0.1, 0.15) is 9.68 Å². The van der Waals surface area contributed by atoms with Gasteiger partial charge < -0.3 is 14.4 Å². The van der Waals surface area contributed by atoms with Crippen molar-refractivity contribution in [2.24, 2.45) is 0 Å². The maximum atomic E-state index is 7.72. The number of fused-ring (bicyclic) bond motifs is 3. The average Bonchev–Trinajstić information content (AvgIpc) is 3.45. The first-order valence-corrected chi connectivity index (χ1v) is 12.6.